The van der Waals surface area contributed by atoms with Crippen LogP contribution in [0.5, 0.6) is 5.75 Å². The Morgan fingerprint density at radius 2 is 2.23 bits per heavy atom. The summed E-state index contributed by atoms with van der Waals surface area (Å²) < 4.78 is 11.0. The predicted octanol–water partition coefficient (Wildman–Crippen LogP) is 3.55. The number of methoxy groups -OCH3 is 1. The fourth-order valence-corrected chi connectivity index (χ4v) is 3.59. The maximum absolute atomic E-state index is 11.6. The second-order valence-electron chi connectivity index (χ2n) is 6.40. The van der Waals surface area contributed by atoms with Crippen LogP contribution in [0.1, 0.15) is 5.56 Å². The first-order valence-corrected chi connectivity index (χ1v) is 8.84. The summed E-state index contributed by atoms with van der Waals surface area (Å²) >= 11 is 6.34. The number of carbonyl (C=O) groups is 1. The van der Waals surface area contributed by atoms with Gasteiger partial charge in [-0.05, 0) is 41.3 Å². The summed E-state index contributed by atoms with van der Waals surface area (Å²) in [4.78, 5) is 14.8. The van der Waals surface area contributed by atoms with Crippen LogP contribution in [0.3, 0.4) is 0 Å². The number of aromatic nitrogens is 1. The van der Waals surface area contributed by atoms with Crippen LogP contribution in [0.2, 0.25) is 5.02 Å². The standard InChI is InChI=1S/C20H19ClN2O3/c1-25-11-19(24)23-10-16-8-14-7-15(21)9-17(20(14)26-16)12-2-3-18-13(6-12)4-5-22-18/h2-7,9,16,22H,8,10-11H2,1H3,(H,23,24). The maximum Gasteiger partial charge on any atom is 0.246 e. The van der Waals surface area contributed by atoms with Crippen molar-refractivity contribution in [1.29, 1.82) is 0 Å². The van der Waals surface area contributed by atoms with Gasteiger partial charge in [0.15, 0.2) is 0 Å². The van der Waals surface area contributed by atoms with Crippen LogP contribution in [0, 0.1) is 0 Å². The molecule has 2 N–H and O–H groups in total. The minimum Gasteiger partial charge on any atom is -0.487 e. The zero-order valence-electron chi connectivity index (χ0n) is 14.3. The van der Waals surface area contributed by atoms with E-state index in [9.17, 15) is 4.79 Å². The molecule has 5 nitrogen and oxygen atoms in total. The molecular weight excluding hydrogens is 352 g/mol. The smallest absolute Gasteiger partial charge is 0.246 e. The van der Waals surface area contributed by atoms with Gasteiger partial charge in [-0.1, -0.05) is 17.7 Å². The zero-order chi connectivity index (χ0) is 18.1. The number of halogens is 1. The van der Waals surface area contributed by atoms with E-state index in [2.05, 4.69) is 28.5 Å². The lowest BCUT2D eigenvalue weighted by Crippen LogP contribution is -2.36. The van der Waals surface area contributed by atoms with Gasteiger partial charge in [-0.2, -0.15) is 0 Å². The van der Waals surface area contributed by atoms with Gasteiger partial charge in [0.2, 0.25) is 5.91 Å². The Balaban J connectivity index is 1.60. The number of benzene rings is 2. The molecule has 1 unspecified atom stereocenters. The molecule has 1 aromatic heterocycles. The van der Waals surface area contributed by atoms with Crippen molar-refractivity contribution < 1.29 is 14.3 Å². The van der Waals surface area contributed by atoms with Crippen molar-refractivity contribution in [3.8, 4) is 16.9 Å². The first-order valence-electron chi connectivity index (χ1n) is 8.46. The highest BCUT2D eigenvalue weighted by molar-refractivity contribution is 6.31. The second-order valence-corrected chi connectivity index (χ2v) is 6.84. The van der Waals surface area contributed by atoms with E-state index in [1.54, 1.807) is 0 Å². The third-order valence-electron chi connectivity index (χ3n) is 4.53. The number of H-pyrrole nitrogens is 1. The number of nitrogens with one attached hydrogen (secondary N) is 2. The molecule has 4 rings (SSSR count). The van der Waals surface area contributed by atoms with Crippen LogP contribution >= 0.6 is 11.6 Å². The van der Waals surface area contributed by atoms with Crippen molar-refractivity contribution in [2.24, 2.45) is 0 Å². The summed E-state index contributed by atoms with van der Waals surface area (Å²) in [6, 6.07) is 12.1. The normalized spacial score (nSPS) is 15.7. The minimum absolute atomic E-state index is 0.0490. The van der Waals surface area contributed by atoms with Gasteiger partial charge in [-0.3, -0.25) is 4.79 Å². The summed E-state index contributed by atoms with van der Waals surface area (Å²) in [7, 11) is 1.50. The van der Waals surface area contributed by atoms with E-state index in [-0.39, 0.29) is 18.6 Å². The van der Waals surface area contributed by atoms with Crippen molar-refractivity contribution in [2.45, 2.75) is 12.5 Å². The number of fused-ring (bicyclic) bond motifs is 2. The second kappa shape index (κ2) is 7.02. The van der Waals surface area contributed by atoms with Gasteiger partial charge >= 0.3 is 0 Å². The van der Waals surface area contributed by atoms with Gasteiger partial charge in [-0.25, -0.2) is 0 Å². The lowest BCUT2D eigenvalue weighted by molar-refractivity contribution is -0.125. The Morgan fingerprint density at radius 1 is 1.35 bits per heavy atom. The number of hydrogen-bond acceptors (Lipinski definition) is 3. The van der Waals surface area contributed by atoms with Gasteiger partial charge in [0.25, 0.3) is 0 Å². The van der Waals surface area contributed by atoms with Crippen LogP contribution in [0.15, 0.2) is 42.6 Å². The molecule has 0 aliphatic carbocycles. The van der Waals surface area contributed by atoms with Crippen molar-refractivity contribution in [3.63, 3.8) is 0 Å². The maximum atomic E-state index is 11.6. The Bertz CT molecular complexity index is 967. The molecule has 6 heteroatoms. The zero-order valence-corrected chi connectivity index (χ0v) is 15.1. The molecule has 26 heavy (non-hydrogen) atoms. The largest absolute Gasteiger partial charge is 0.487 e. The van der Waals surface area contributed by atoms with Gasteiger partial charge < -0.3 is 19.8 Å². The quantitative estimate of drug-likeness (QED) is 0.721. The summed E-state index contributed by atoms with van der Waals surface area (Å²) in [6.07, 6.45) is 2.52. The Hall–Kier alpha value is -2.50. The molecule has 1 aliphatic heterocycles. The Morgan fingerprint density at radius 3 is 3.08 bits per heavy atom. The van der Waals surface area contributed by atoms with E-state index in [0.717, 1.165) is 33.3 Å². The molecule has 1 aliphatic rings. The molecule has 3 aromatic rings. The monoisotopic (exact) mass is 370 g/mol. The first kappa shape index (κ1) is 16.9. The lowest BCUT2D eigenvalue weighted by atomic mass is 9.99. The fraction of sp³-hybridized carbons (Fsp3) is 0.250. The predicted molar refractivity (Wildman–Crippen MR) is 102 cm³/mol. The van der Waals surface area contributed by atoms with Crippen LogP contribution in [-0.2, 0) is 16.0 Å². The highest BCUT2D eigenvalue weighted by Crippen LogP contribution is 2.41. The Labute approximate surface area is 156 Å². The van der Waals surface area contributed by atoms with E-state index in [1.165, 1.54) is 7.11 Å². The number of carbonyl (C=O) groups excluding carboxylic acids is 1. The number of amides is 1. The molecule has 0 saturated carbocycles. The first-order chi connectivity index (χ1) is 12.6. The van der Waals surface area contributed by atoms with Crippen LogP contribution in [0.4, 0.5) is 0 Å². The molecule has 0 saturated heterocycles. The summed E-state index contributed by atoms with van der Waals surface area (Å²) in [6.45, 7) is 0.484. The van der Waals surface area contributed by atoms with Crippen LogP contribution < -0.4 is 10.1 Å². The summed E-state index contributed by atoms with van der Waals surface area (Å²) in [5.74, 6) is 0.693. The number of aromatic amines is 1. The van der Waals surface area contributed by atoms with E-state index in [1.807, 2.05) is 24.4 Å². The van der Waals surface area contributed by atoms with Crippen LogP contribution in [-0.4, -0.2) is 37.3 Å². The van der Waals surface area contributed by atoms with Crippen molar-refractivity contribution in [1.82, 2.24) is 10.3 Å². The van der Waals surface area contributed by atoms with E-state index in [4.69, 9.17) is 21.1 Å². The van der Waals surface area contributed by atoms with E-state index >= 15 is 0 Å². The molecule has 0 radical (unpaired) electrons. The molecule has 1 amide bonds. The molecule has 2 aromatic carbocycles. The van der Waals surface area contributed by atoms with Crippen molar-refractivity contribution in [2.75, 3.05) is 20.3 Å². The highest BCUT2D eigenvalue weighted by atomic mass is 35.5. The summed E-state index contributed by atoms with van der Waals surface area (Å²) in [5, 5.41) is 4.65. The molecular formula is C20H19ClN2O3. The summed E-state index contributed by atoms with van der Waals surface area (Å²) in [5.41, 5.74) is 4.18. The molecule has 0 bridgehead atoms. The average molecular weight is 371 g/mol. The third kappa shape index (κ3) is 3.28. The minimum atomic E-state index is -0.150. The lowest BCUT2D eigenvalue weighted by Gasteiger charge is -2.14. The number of ether oxygens (including phenoxy) is 2. The molecule has 2 heterocycles. The van der Waals surface area contributed by atoms with Crippen molar-refractivity contribution in [3.05, 3.63) is 53.2 Å². The molecule has 0 fully saturated rings. The van der Waals surface area contributed by atoms with E-state index < -0.39 is 0 Å². The third-order valence-corrected chi connectivity index (χ3v) is 4.75. The van der Waals surface area contributed by atoms with Gasteiger partial charge in [-0.15, -0.1) is 0 Å². The van der Waals surface area contributed by atoms with E-state index in [0.29, 0.717) is 18.0 Å². The fourth-order valence-electron chi connectivity index (χ4n) is 3.35. The Kier molecular flexibility index (Phi) is 4.57. The number of hydrogen-bond donors (Lipinski definition) is 2. The SMILES string of the molecule is COCC(=O)NCC1Cc2cc(Cl)cc(-c3ccc4[nH]ccc4c3)c2O1. The molecule has 1 atom stereocenters. The van der Waals surface area contributed by atoms with Gasteiger partial charge in [0.1, 0.15) is 18.5 Å². The van der Waals surface area contributed by atoms with Gasteiger partial charge in [0, 0.05) is 41.4 Å². The average Bonchev–Trinajstić information content (AvgIpc) is 3.25. The van der Waals surface area contributed by atoms with Crippen molar-refractivity contribution >= 4 is 28.4 Å². The van der Waals surface area contributed by atoms with Gasteiger partial charge in [0.05, 0.1) is 6.54 Å². The van der Waals surface area contributed by atoms with Crippen LogP contribution in [0.25, 0.3) is 22.0 Å². The molecule has 134 valence electrons. The topological polar surface area (TPSA) is 63.3 Å². The highest BCUT2D eigenvalue weighted by Gasteiger charge is 2.27. The molecule has 0 spiro atoms. The number of rotatable bonds is 5.